The van der Waals surface area contributed by atoms with E-state index in [1.165, 1.54) is 0 Å². The molecule has 0 bridgehead atoms. The van der Waals surface area contributed by atoms with Gasteiger partial charge in [0.25, 0.3) is 0 Å². The van der Waals surface area contributed by atoms with Crippen LogP contribution in [0, 0.1) is 5.92 Å². The number of nitrogens with zero attached hydrogens (tertiary/aromatic N) is 1. The van der Waals surface area contributed by atoms with E-state index in [9.17, 15) is 4.79 Å². The van der Waals surface area contributed by atoms with Crippen LogP contribution in [0.25, 0.3) is 0 Å². The van der Waals surface area contributed by atoms with Crippen LogP contribution in [-0.2, 0) is 4.74 Å². The first kappa shape index (κ1) is 17.4. The van der Waals surface area contributed by atoms with Crippen molar-refractivity contribution in [3.63, 3.8) is 0 Å². The summed E-state index contributed by atoms with van der Waals surface area (Å²) in [5.41, 5.74) is 0.704. The number of anilines is 1. The van der Waals surface area contributed by atoms with Crippen molar-refractivity contribution in [2.24, 2.45) is 5.92 Å². The molecule has 1 N–H and O–H groups in total. The van der Waals surface area contributed by atoms with Crippen molar-refractivity contribution in [1.82, 2.24) is 5.32 Å². The Hall–Kier alpha value is -1.91. The number of hydrogen-bond acceptors (Lipinski definition) is 4. The Balaban J connectivity index is 1.77. The molecule has 5 heteroatoms. The molecule has 5 nitrogen and oxygen atoms in total. The van der Waals surface area contributed by atoms with Gasteiger partial charge in [0, 0.05) is 19.6 Å². The van der Waals surface area contributed by atoms with Crippen molar-refractivity contribution in [3.05, 3.63) is 24.3 Å². The van der Waals surface area contributed by atoms with Gasteiger partial charge in [-0.1, -0.05) is 12.1 Å². The van der Waals surface area contributed by atoms with Gasteiger partial charge in [0.15, 0.2) is 0 Å². The number of carbonyl (C=O) groups is 1. The van der Waals surface area contributed by atoms with E-state index in [4.69, 9.17) is 9.47 Å². The van der Waals surface area contributed by atoms with Gasteiger partial charge in [-0.15, -0.1) is 0 Å². The number of hydrogen-bond donors (Lipinski definition) is 1. The molecule has 2 rings (SSSR count). The first-order valence-corrected chi connectivity index (χ1v) is 8.24. The lowest BCUT2D eigenvalue weighted by Gasteiger charge is -2.21. The summed E-state index contributed by atoms with van der Waals surface area (Å²) in [5, 5.41) is 2.84. The summed E-state index contributed by atoms with van der Waals surface area (Å²) < 4.78 is 10.7. The quantitative estimate of drug-likeness (QED) is 0.903. The van der Waals surface area contributed by atoms with Gasteiger partial charge in [0.1, 0.15) is 11.4 Å². The van der Waals surface area contributed by atoms with Crippen molar-refractivity contribution in [3.8, 4) is 5.75 Å². The van der Waals surface area contributed by atoms with E-state index in [1.54, 1.807) is 7.11 Å². The maximum absolute atomic E-state index is 11.6. The fourth-order valence-corrected chi connectivity index (χ4v) is 2.87. The second-order valence-electron chi connectivity index (χ2n) is 6.99. The van der Waals surface area contributed by atoms with Gasteiger partial charge < -0.3 is 19.7 Å². The molecule has 23 heavy (non-hydrogen) atoms. The van der Waals surface area contributed by atoms with Gasteiger partial charge in [0.2, 0.25) is 0 Å². The molecule has 0 saturated carbocycles. The number of ether oxygens (including phenoxy) is 2. The molecule has 1 aromatic carbocycles. The van der Waals surface area contributed by atoms with Crippen molar-refractivity contribution in [2.75, 3.05) is 31.6 Å². The van der Waals surface area contributed by atoms with Crippen LogP contribution in [0.2, 0.25) is 0 Å². The van der Waals surface area contributed by atoms with Crippen LogP contribution in [0.1, 0.15) is 33.6 Å². The van der Waals surface area contributed by atoms with Crippen molar-refractivity contribution >= 4 is 11.8 Å². The Bertz CT molecular complexity index is 525. The number of rotatable bonds is 5. The van der Waals surface area contributed by atoms with E-state index in [2.05, 4.69) is 16.3 Å². The van der Waals surface area contributed by atoms with Crippen LogP contribution in [0.4, 0.5) is 10.5 Å². The lowest BCUT2D eigenvalue weighted by molar-refractivity contribution is 0.0525. The molecular formula is C18H28N2O3. The van der Waals surface area contributed by atoms with Gasteiger partial charge in [-0.25, -0.2) is 4.79 Å². The molecule has 1 aliphatic heterocycles. The number of nitrogens with one attached hydrogen (secondary N) is 1. The number of methoxy groups -OCH3 is 1. The highest BCUT2D eigenvalue weighted by Crippen LogP contribution is 2.32. The highest BCUT2D eigenvalue weighted by Gasteiger charge is 2.24. The van der Waals surface area contributed by atoms with Crippen molar-refractivity contribution < 1.29 is 14.3 Å². The predicted octanol–water partition coefficient (Wildman–Crippen LogP) is 3.44. The van der Waals surface area contributed by atoms with E-state index in [0.29, 0.717) is 12.5 Å². The largest absolute Gasteiger partial charge is 0.495 e. The maximum atomic E-state index is 11.6. The molecule has 0 aliphatic carbocycles. The zero-order valence-electron chi connectivity index (χ0n) is 14.6. The number of benzene rings is 1. The Morgan fingerprint density at radius 2 is 2.09 bits per heavy atom. The van der Waals surface area contributed by atoms with Crippen LogP contribution < -0.4 is 15.0 Å². The van der Waals surface area contributed by atoms with Crippen molar-refractivity contribution in [2.45, 2.75) is 39.2 Å². The molecule has 1 heterocycles. The fourth-order valence-electron chi connectivity index (χ4n) is 2.87. The van der Waals surface area contributed by atoms with Crippen LogP contribution in [0.3, 0.4) is 0 Å². The molecule has 1 aromatic rings. The Morgan fingerprint density at radius 3 is 2.78 bits per heavy atom. The molecule has 0 radical (unpaired) electrons. The summed E-state index contributed by atoms with van der Waals surface area (Å²) >= 11 is 0. The number of carbonyl (C=O) groups excluding carboxylic acids is 1. The molecule has 128 valence electrons. The van der Waals surface area contributed by atoms with Gasteiger partial charge in [-0.05, 0) is 51.7 Å². The average molecular weight is 320 g/mol. The maximum Gasteiger partial charge on any atom is 0.407 e. The van der Waals surface area contributed by atoms with E-state index in [-0.39, 0.29) is 6.09 Å². The molecule has 1 saturated heterocycles. The summed E-state index contributed by atoms with van der Waals surface area (Å²) in [7, 11) is 1.71. The lowest BCUT2D eigenvalue weighted by Crippen LogP contribution is -2.33. The van der Waals surface area contributed by atoms with Gasteiger partial charge in [-0.2, -0.15) is 0 Å². The van der Waals surface area contributed by atoms with Crippen LogP contribution in [0.5, 0.6) is 5.75 Å². The van der Waals surface area contributed by atoms with E-state index in [0.717, 1.165) is 37.4 Å². The fraction of sp³-hybridized carbons (Fsp3) is 0.611. The van der Waals surface area contributed by atoms with E-state index in [1.807, 2.05) is 39.0 Å². The van der Waals surface area contributed by atoms with Gasteiger partial charge in [-0.3, -0.25) is 0 Å². The van der Waals surface area contributed by atoms with Gasteiger partial charge in [0.05, 0.1) is 12.8 Å². The second kappa shape index (κ2) is 7.57. The first-order chi connectivity index (χ1) is 10.9. The third kappa shape index (κ3) is 5.34. The minimum Gasteiger partial charge on any atom is -0.495 e. The average Bonchev–Trinajstić information content (AvgIpc) is 2.94. The highest BCUT2D eigenvalue weighted by atomic mass is 16.6. The minimum absolute atomic E-state index is 0.336. The number of para-hydroxylation sites is 2. The Labute approximate surface area is 139 Å². The normalized spacial score (nSPS) is 17.9. The molecule has 1 amide bonds. The Morgan fingerprint density at radius 1 is 1.35 bits per heavy atom. The van der Waals surface area contributed by atoms with Crippen LogP contribution in [0.15, 0.2) is 24.3 Å². The van der Waals surface area contributed by atoms with E-state index < -0.39 is 5.60 Å². The van der Waals surface area contributed by atoms with Crippen LogP contribution in [-0.4, -0.2) is 38.4 Å². The van der Waals surface area contributed by atoms with Crippen LogP contribution >= 0.6 is 0 Å². The third-order valence-corrected chi connectivity index (χ3v) is 3.93. The molecular weight excluding hydrogens is 292 g/mol. The Kier molecular flexibility index (Phi) is 5.74. The van der Waals surface area contributed by atoms with Gasteiger partial charge >= 0.3 is 6.09 Å². The predicted molar refractivity (Wildman–Crippen MR) is 92.2 cm³/mol. The molecule has 1 unspecified atom stereocenters. The topological polar surface area (TPSA) is 50.8 Å². The highest BCUT2D eigenvalue weighted by molar-refractivity contribution is 5.67. The van der Waals surface area contributed by atoms with E-state index >= 15 is 0 Å². The number of alkyl carbamates (subject to hydrolysis) is 1. The lowest BCUT2D eigenvalue weighted by atomic mass is 10.1. The summed E-state index contributed by atoms with van der Waals surface area (Å²) in [6.45, 7) is 8.28. The molecule has 0 aromatic heterocycles. The molecule has 0 spiro atoms. The summed E-state index contributed by atoms with van der Waals surface area (Å²) in [5.74, 6) is 1.50. The second-order valence-corrected chi connectivity index (χ2v) is 6.99. The summed E-state index contributed by atoms with van der Waals surface area (Å²) in [4.78, 5) is 14.0. The molecule has 1 fully saturated rings. The molecule has 1 atom stereocenters. The third-order valence-electron chi connectivity index (χ3n) is 3.93. The molecule has 1 aliphatic rings. The zero-order valence-corrected chi connectivity index (χ0v) is 14.6. The monoisotopic (exact) mass is 320 g/mol. The van der Waals surface area contributed by atoms with Crippen molar-refractivity contribution in [1.29, 1.82) is 0 Å². The minimum atomic E-state index is -0.446. The first-order valence-electron chi connectivity index (χ1n) is 8.24. The summed E-state index contributed by atoms with van der Waals surface area (Å²) in [6.07, 6.45) is 1.76. The smallest absolute Gasteiger partial charge is 0.407 e. The standard InChI is InChI=1S/C18H28N2O3/c1-18(2,3)23-17(21)19-11-9-14-10-12-20(13-14)15-7-5-6-8-16(15)22-4/h5-8,14H,9-13H2,1-4H3,(H,19,21). The number of amides is 1. The summed E-state index contributed by atoms with van der Waals surface area (Å²) in [6, 6.07) is 8.11. The SMILES string of the molecule is COc1ccccc1N1CCC(CCNC(=O)OC(C)(C)C)C1. The zero-order chi connectivity index (χ0) is 16.9.